The normalized spacial score (nSPS) is 11.4. The molecule has 2 aromatic heterocycles. The Labute approximate surface area is 93.7 Å². The lowest BCUT2D eigenvalue weighted by Crippen LogP contribution is -1.95. The van der Waals surface area contributed by atoms with E-state index in [2.05, 4.69) is 45.7 Å². The van der Waals surface area contributed by atoms with Crippen molar-refractivity contribution in [2.75, 3.05) is 0 Å². The van der Waals surface area contributed by atoms with E-state index in [9.17, 15) is 0 Å². The minimum atomic E-state index is 0.931. The largest absolute Gasteiger partial charge is 0.325 e. The molecule has 0 aliphatic rings. The topological polar surface area (TPSA) is 30.7 Å². The molecular formula is C13H13N3. The summed E-state index contributed by atoms with van der Waals surface area (Å²) in [6.45, 7) is 5.11. The highest BCUT2D eigenvalue weighted by atomic mass is 15.1. The average molecular weight is 211 g/mol. The van der Waals surface area contributed by atoms with Crippen molar-refractivity contribution in [1.29, 1.82) is 0 Å². The lowest BCUT2D eigenvalue weighted by Gasteiger charge is -2.00. The van der Waals surface area contributed by atoms with E-state index >= 15 is 0 Å². The zero-order valence-electron chi connectivity index (χ0n) is 9.44. The van der Waals surface area contributed by atoms with Gasteiger partial charge in [-0.3, -0.25) is 0 Å². The van der Waals surface area contributed by atoms with Gasteiger partial charge in [0, 0.05) is 17.3 Å². The van der Waals surface area contributed by atoms with Gasteiger partial charge in [-0.2, -0.15) is 0 Å². The number of benzene rings is 1. The third-order valence-electron chi connectivity index (χ3n) is 3.05. The van der Waals surface area contributed by atoms with Gasteiger partial charge in [0.1, 0.15) is 12.0 Å². The maximum Gasteiger partial charge on any atom is 0.144 e. The van der Waals surface area contributed by atoms with Crippen LogP contribution in [0, 0.1) is 6.92 Å². The number of hydrogen-bond donors (Lipinski definition) is 0. The first-order valence-corrected chi connectivity index (χ1v) is 5.51. The van der Waals surface area contributed by atoms with E-state index in [4.69, 9.17) is 0 Å². The molecule has 1 aromatic carbocycles. The molecule has 0 spiro atoms. The van der Waals surface area contributed by atoms with E-state index < -0.39 is 0 Å². The number of aromatic nitrogens is 3. The zero-order chi connectivity index (χ0) is 11.1. The van der Waals surface area contributed by atoms with Crippen LogP contribution in [0.5, 0.6) is 0 Å². The standard InChI is InChI=1S/C13H13N3/c1-3-16-11-7-5-4-6-10(11)12-9(2)14-8-15-13(12)16/h4-8H,3H2,1-2H3. The van der Waals surface area contributed by atoms with Crippen LogP contribution in [0.2, 0.25) is 0 Å². The Balaban J connectivity index is 2.64. The van der Waals surface area contributed by atoms with Crippen LogP contribution in [-0.2, 0) is 6.54 Å². The average Bonchev–Trinajstić information content (AvgIpc) is 2.64. The summed E-state index contributed by atoms with van der Waals surface area (Å²) in [5, 5.41) is 2.43. The van der Waals surface area contributed by atoms with Crippen molar-refractivity contribution in [3.05, 3.63) is 36.3 Å². The van der Waals surface area contributed by atoms with Gasteiger partial charge < -0.3 is 4.57 Å². The molecule has 0 unspecified atom stereocenters. The highest BCUT2D eigenvalue weighted by molar-refractivity contribution is 6.07. The molecule has 0 atom stereocenters. The van der Waals surface area contributed by atoms with Crippen molar-refractivity contribution in [2.24, 2.45) is 0 Å². The van der Waals surface area contributed by atoms with Gasteiger partial charge in [0.15, 0.2) is 0 Å². The second-order valence-electron chi connectivity index (χ2n) is 3.92. The van der Waals surface area contributed by atoms with Gasteiger partial charge in [-0.25, -0.2) is 9.97 Å². The SMILES string of the molecule is CCn1c2ccccc2c2c(C)ncnc21. The summed E-state index contributed by atoms with van der Waals surface area (Å²) in [6, 6.07) is 8.41. The summed E-state index contributed by atoms with van der Waals surface area (Å²) >= 11 is 0. The Morgan fingerprint density at radius 1 is 1.19 bits per heavy atom. The smallest absolute Gasteiger partial charge is 0.144 e. The van der Waals surface area contributed by atoms with Crippen LogP contribution in [0.4, 0.5) is 0 Å². The van der Waals surface area contributed by atoms with Gasteiger partial charge in [0.25, 0.3) is 0 Å². The highest BCUT2D eigenvalue weighted by Crippen LogP contribution is 2.28. The first-order chi connectivity index (χ1) is 7.83. The van der Waals surface area contributed by atoms with Gasteiger partial charge in [-0.05, 0) is 19.9 Å². The number of rotatable bonds is 1. The van der Waals surface area contributed by atoms with E-state index in [0.29, 0.717) is 0 Å². The summed E-state index contributed by atoms with van der Waals surface area (Å²) in [6.07, 6.45) is 1.64. The molecule has 80 valence electrons. The van der Waals surface area contributed by atoms with E-state index in [1.165, 1.54) is 16.3 Å². The molecule has 2 heterocycles. The van der Waals surface area contributed by atoms with E-state index in [-0.39, 0.29) is 0 Å². The minimum absolute atomic E-state index is 0.931. The highest BCUT2D eigenvalue weighted by Gasteiger charge is 2.11. The first-order valence-electron chi connectivity index (χ1n) is 5.51. The molecule has 3 heteroatoms. The van der Waals surface area contributed by atoms with Gasteiger partial charge in [0.2, 0.25) is 0 Å². The van der Waals surface area contributed by atoms with Crippen molar-refractivity contribution in [2.45, 2.75) is 20.4 Å². The van der Waals surface area contributed by atoms with E-state index in [1.54, 1.807) is 6.33 Å². The predicted molar refractivity (Wildman–Crippen MR) is 65.4 cm³/mol. The molecule has 0 aliphatic carbocycles. The summed E-state index contributed by atoms with van der Waals surface area (Å²) in [5.41, 5.74) is 3.33. The lowest BCUT2D eigenvalue weighted by molar-refractivity contribution is 0.814. The van der Waals surface area contributed by atoms with Crippen molar-refractivity contribution in [3.8, 4) is 0 Å². The number of fused-ring (bicyclic) bond motifs is 3. The fourth-order valence-electron chi connectivity index (χ4n) is 2.34. The number of nitrogens with zero attached hydrogens (tertiary/aromatic N) is 3. The number of hydrogen-bond acceptors (Lipinski definition) is 2. The van der Waals surface area contributed by atoms with Crippen LogP contribution in [0.1, 0.15) is 12.6 Å². The molecule has 0 amide bonds. The molecule has 3 aromatic rings. The number of aryl methyl sites for hydroxylation is 2. The second kappa shape index (κ2) is 3.30. The summed E-state index contributed by atoms with van der Waals surface area (Å²) in [4.78, 5) is 8.68. The zero-order valence-corrected chi connectivity index (χ0v) is 9.44. The van der Waals surface area contributed by atoms with Crippen LogP contribution < -0.4 is 0 Å². The van der Waals surface area contributed by atoms with E-state index in [1.807, 2.05) is 6.92 Å². The lowest BCUT2D eigenvalue weighted by atomic mass is 10.2. The quantitative estimate of drug-likeness (QED) is 0.619. The molecule has 3 rings (SSSR count). The number of para-hydroxylation sites is 1. The molecule has 0 aliphatic heterocycles. The van der Waals surface area contributed by atoms with Crippen molar-refractivity contribution in [1.82, 2.24) is 14.5 Å². The van der Waals surface area contributed by atoms with Gasteiger partial charge in [0.05, 0.1) is 11.2 Å². The summed E-state index contributed by atoms with van der Waals surface area (Å²) < 4.78 is 2.24. The summed E-state index contributed by atoms with van der Waals surface area (Å²) in [7, 11) is 0. The van der Waals surface area contributed by atoms with Crippen LogP contribution in [0.3, 0.4) is 0 Å². The molecule has 0 saturated carbocycles. The van der Waals surface area contributed by atoms with Gasteiger partial charge in [-0.15, -0.1) is 0 Å². The Bertz CT molecular complexity index is 667. The van der Waals surface area contributed by atoms with Crippen molar-refractivity contribution >= 4 is 21.9 Å². The fourth-order valence-corrected chi connectivity index (χ4v) is 2.34. The Morgan fingerprint density at radius 3 is 2.81 bits per heavy atom. The van der Waals surface area contributed by atoms with E-state index in [0.717, 1.165) is 17.9 Å². The predicted octanol–water partition coefficient (Wildman–Crippen LogP) is 2.91. The summed E-state index contributed by atoms with van der Waals surface area (Å²) in [5.74, 6) is 0. The Kier molecular flexibility index (Phi) is 1.93. The third kappa shape index (κ3) is 1.08. The van der Waals surface area contributed by atoms with Crippen LogP contribution >= 0.6 is 0 Å². The minimum Gasteiger partial charge on any atom is -0.325 e. The molecule has 0 N–H and O–H groups in total. The van der Waals surface area contributed by atoms with Crippen LogP contribution in [0.15, 0.2) is 30.6 Å². The van der Waals surface area contributed by atoms with Crippen LogP contribution in [-0.4, -0.2) is 14.5 Å². The molecule has 0 radical (unpaired) electrons. The second-order valence-corrected chi connectivity index (χ2v) is 3.92. The molecule has 0 fully saturated rings. The van der Waals surface area contributed by atoms with Gasteiger partial charge >= 0.3 is 0 Å². The first kappa shape index (κ1) is 9.33. The Morgan fingerprint density at radius 2 is 2.00 bits per heavy atom. The van der Waals surface area contributed by atoms with Crippen molar-refractivity contribution in [3.63, 3.8) is 0 Å². The fraction of sp³-hybridized carbons (Fsp3) is 0.231. The molecule has 0 bridgehead atoms. The third-order valence-corrected chi connectivity index (χ3v) is 3.05. The molecule has 3 nitrogen and oxygen atoms in total. The maximum absolute atomic E-state index is 4.40. The van der Waals surface area contributed by atoms with Gasteiger partial charge in [-0.1, -0.05) is 18.2 Å². The van der Waals surface area contributed by atoms with Crippen molar-refractivity contribution < 1.29 is 0 Å². The van der Waals surface area contributed by atoms with Crippen LogP contribution in [0.25, 0.3) is 21.9 Å². The molecule has 0 saturated heterocycles. The molecule has 16 heavy (non-hydrogen) atoms. The Hall–Kier alpha value is -1.90. The monoisotopic (exact) mass is 211 g/mol. The molecular weight excluding hydrogens is 198 g/mol. The maximum atomic E-state index is 4.40.